The molecule has 0 saturated carbocycles. The number of nitrogens with one attached hydrogen (secondary N) is 1. The highest BCUT2D eigenvalue weighted by Crippen LogP contribution is 2.14. The summed E-state index contributed by atoms with van der Waals surface area (Å²) in [5.41, 5.74) is 3.77. The molecule has 1 saturated heterocycles. The van der Waals surface area contributed by atoms with Gasteiger partial charge in [-0.3, -0.25) is 9.89 Å². The molecule has 1 N–H and O–H groups in total. The van der Waals surface area contributed by atoms with Crippen LogP contribution < -0.4 is 5.32 Å². The summed E-state index contributed by atoms with van der Waals surface area (Å²) >= 11 is 1.69. The van der Waals surface area contributed by atoms with Crippen LogP contribution in [0.4, 0.5) is 0 Å². The molecule has 1 aliphatic heterocycles. The van der Waals surface area contributed by atoms with Crippen LogP contribution in [-0.2, 0) is 19.6 Å². The van der Waals surface area contributed by atoms with E-state index in [0.717, 1.165) is 36.3 Å². The SMILES string of the molecule is CN=C(NCc1ccc(CN2CCCCC2)cc1)N(C)Cc1csc(C)n1. The summed E-state index contributed by atoms with van der Waals surface area (Å²) in [4.78, 5) is 13.6. The molecule has 0 aliphatic carbocycles. The van der Waals surface area contributed by atoms with Crippen molar-refractivity contribution in [3.8, 4) is 0 Å². The molecule has 0 bridgehead atoms. The molecule has 1 fully saturated rings. The smallest absolute Gasteiger partial charge is 0.194 e. The second kappa shape index (κ2) is 9.85. The van der Waals surface area contributed by atoms with Crippen LogP contribution in [0.15, 0.2) is 34.6 Å². The first-order valence-electron chi connectivity index (χ1n) is 9.77. The fourth-order valence-corrected chi connectivity index (χ4v) is 4.11. The van der Waals surface area contributed by atoms with Gasteiger partial charge in [0.1, 0.15) is 0 Å². The minimum Gasteiger partial charge on any atom is -0.352 e. The van der Waals surface area contributed by atoms with E-state index in [1.54, 1.807) is 11.3 Å². The zero-order valence-electron chi connectivity index (χ0n) is 16.7. The van der Waals surface area contributed by atoms with Gasteiger partial charge in [-0.05, 0) is 44.0 Å². The first-order valence-corrected chi connectivity index (χ1v) is 10.6. The number of aromatic nitrogens is 1. The predicted octanol–water partition coefficient (Wildman–Crippen LogP) is 3.64. The predicted molar refractivity (Wildman–Crippen MR) is 114 cm³/mol. The van der Waals surface area contributed by atoms with Crippen LogP contribution in [0.2, 0.25) is 0 Å². The van der Waals surface area contributed by atoms with Crippen LogP contribution in [0.5, 0.6) is 0 Å². The van der Waals surface area contributed by atoms with E-state index in [4.69, 9.17) is 0 Å². The van der Waals surface area contributed by atoms with Crippen LogP contribution in [0.3, 0.4) is 0 Å². The second-order valence-corrected chi connectivity index (χ2v) is 8.33. The molecule has 0 radical (unpaired) electrons. The van der Waals surface area contributed by atoms with Gasteiger partial charge in [-0.15, -0.1) is 11.3 Å². The van der Waals surface area contributed by atoms with Gasteiger partial charge in [0.15, 0.2) is 5.96 Å². The van der Waals surface area contributed by atoms with Crippen molar-refractivity contribution in [1.29, 1.82) is 0 Å². The molecule has 6 heteroatoms. The lowest BCUT2D eigenvalue weighted by molar-refractivity contribution is 0.221. The van der Waals surface area contributed by atoms with Crippen molar-refractivity contribution >= 4 is 17.3 Å². The van der Waals surface area contributed by atoms with Gasteiger partial charge < -0.3 is 10.2 Å². The number of piperidine rings is 1. The maximum Gasteiger partial charge on any atom is 0.194 e. The summed E-state index contributed by atoms with van der Waals surface area (Å²) in [6, 6.07) is 8.97. The second-order valence-electron chi connectivity index (χ2n) is 7.27. The van der Waals surface area contributed by atoms with Crippen molar-refractivity contribution in [3.63, 3.8) is 0 Å². The Morgan fingerprint density at radius 2 is 1.89 bits per heavy atom. The van der Waals surface area contributed by atoms with Gasteiger partial charge in [-0.1, -0.05) is 30.7 Å². The maximum atomic E-state index is 4.53. The maximum absolute atomic E-state index is 4.53. The molecule has 0 amide bonds. The molecule has 27 heavy (non-hydrogen) atoms. The number of aliphatic imine (C=N–C) groups is 1. The number of hydrogen-bond donors (Lipinski definition) is 1. The summed E-state index contributed by atoms with van der Waals surface area (Å²) in [7, 11) is 3.87. The molecular formula is C21H31N5S. The van der Waals surface area contributed by atoms with Crippen molar-refractivity contribution in [2.75, 3.05) is 27.2 Å². The van der Waals surface area contributed by atoms with Crippen LogP contribution in [-0.4, -0.2) is 47.9 Å². The fourth-order valence-electron chi connectivity index (χ4n) is 3.50. The third kappa shape index (κ3) is 6.04. The molecule has 0 spiro atoms. The van der Waals surface area contributed by atoms with E-state index in [-0.39, 0.29) is 0 Å². The van der Waals surface area contributed by atoms with E-state index in [0.29, 0.717) is 0 Å². The zero-order chi connectivity index (χ0) is 19.1. The Morgan fingerprint density at radius 1 is 1.19 bits per heavy atom. The number of rotatable bonds is 6. The van der Waals surface area contributed by atoms with E-state index < -0.39 is 0 Å². The van der Waals surface area contributed by atoms with Crippen LogP contribution in [0.1, 0.15) is 41.1 Å². The van der Waals surface area contributed by atoms with E-state index >= 15 is 0 Å². The third-order valence-electron chi connectivity index (χ3n) is 4.97. The number of thiazole rings is 1. The van der Waals surface area contributed by atoms with E-state index in [1.807, 2.05) is 21.0 Å². The molecule has 1 aromatic carbocycles. The lowest BCUT2D eigenvalue weighted by Gasteiger charge is -2.26. The Hall–Kier alpha value is -1.92. The summed E-state index contributed by atoms with van der Waals surface area (Å²) < 4.78 is 0. The van der Waals surface area contributed by atoms with E-state index in [1.165, 1.54) is 43.5 Å². The van der Waals surface area contributed by atoms with Crippen molar-refractivity contribution in [3.05, 3.63) is 51.5 Å². The molecule has 2 heterocycles. The van der Waals surface area contributed by atoms with Gasteiger partial charge in [0.2, 0.25) is 0 Å². The highest BCUT2D eigenvalue weighted by molar-refractivity contribution is 7.09. The standard InChI is InChI=1S/C21H31N5S/c1-17-24-20(16-27-17)15-25(3)21(22-2)23-13-18-7-9-19(10-8-18)14-26-11-5-4-6-12-26/h7-10,16H,4-6,11-15H2,1-3H3,(H,22,23). The quantitative estimate of drug-likeness (QED) is 0.609. The molecule has 1 aliphatic rings. The summed E-state index contributed by atoms with van der Waals surface area (Å²) in [5.74, 6) is 0.887. The first-order chi connectivity index (χ1) is 13.1. The topological polar surface area (TPSA) is 43.8 Å². The Kier molecular flexibility index (Phi) is 7.24. The molecule has 0 unspecified atom stereocenters. The van der Waals surface area contributed by atoms with Crippen LogP contribution in [0, 0.1) is 6.92 Å². The number of likely N-dealkylation sites (tertiary alicyclic amines) is 1. The van der Waals surface area contributed by atoms with Gasteiger partial charge in [0.05, 0.1) is 17.2 Å². The average Bonchev–Trinajstić information content (AvgIpc) is 3.09. The number of benzene rings is 1. The molecular weight excluding hydrogens is 354 g/mol. The van der Waals surface area contributed by atoms with E-state index in [9.17, 15) is 0 Å². The highest BCUT2D eigenvalue weighted by atomic mass is 32.1. The summed E-state index contributed by atoms with van der Waals surface area (Å²) in [5, 5.41) is 6.67. The Bertz CT molecular complexity index is 731. The largest absolute Gasteiger partial charge is 0.352 e. The van der Waals surface area contributed by atoms with Crippen LogP contribution in [0.25, 0.3) is 0 Å². The Morgan fingerprint density at radius 3 is 2.52 bits per heavy atom. The lowest BCUT2D eigenvalue weighted by Crippen LogP contribution is -2.38. The van der Waals surface area contributed by atoms with Gasteiger partial charge in [-0.25, -0.2) is 4.98 Å². The van der Waals surface area contributed by atoms with Crippen molar-refractivity contribution in [2.45, 2.75) is 45.8 Å². The van der Waals surface area contributed by atoms with Gasteiger partial charge in [0.25, 0.3) is 0 Å². The van der Waals surface area contributed by atoms with Crippen molar-refractivity contribution in [2.24, 2.45) is 4.99 Å². The average molecular weight is 386 g/mol. The van der Waals surface area contributed by atoms with Crippen molar-refractivity contribution < 1.29 is 0 Å². The minimum absolute atomic E-state index is 0.763. The minimum atomic E-state index is 0.763. The molecule has 146 valence electrons. The molecule has 0 atom stereocenters. The summed E-state index contributed by atoms with van der Waals surface area (Å²) in [6.07, 6.45) is 4.07. The third-order valence-corrected chi connectivity index (χ3v) is 5.79. The summed E-state index contributed by atoms with van der Waals surface area (Å²) in [6.45, 7) is 7.13. The van der Waals surface area contributed by atoms with Gasteiger partial charge >= 0.3 is 0 Å². The number of hydrogen-bond acceptors (Lipinski definition) is 4. The molecule has 5 nitrogen and oxygen atoms in total. The molecule has 3 rings (SSSR count). The zero-order valence-corrected chi connectivity index (χ0v) is 17.6. The highest BCUT2D eigenvalue weighted by Gasteiger charge is 2.11. The van der Waals surface area contributed by atoms with Gasteiger partial charge in [0, 0.05) is 32.6 Å². The fraction of sp³-hybridized carbons (Fsp3) is 0.524. The van der Waals surface area contributed by atoms with E-state index in [2.05, 4.69) is 54.7 Å². The lowest BCUT2D eigenvalue weighted by atomic mass is 10.1. The number of nitrogens with zero attached hydrogens (tertiary/aromatic N) is 4. The number of guanidine groups is 1. The number of aryl methyl sites for hydroxylation is 1. The normalized spacial score (nSPS) is 15.7. The first kappa shape index (κ1) is 19.8. The molecule has 1 aromatic heterocycles. The molecule has 2 aromatic rings. The Labute approximate surface area is 167 Å². The monoisotopic (exact) mass is 385 g/mol. The Balaban J connectivity index is 1.48. The van der Waals surface area contributed by atoms with Gasteiger partial charge in [-0.2, -0.15) is 0 Å². The van der Waals surface area contributed by atoms with Crippen LogP contribution >= 0.6 is 11.3 Å². The van der Waals surface area contributed by atoms with Crippen molar-refractivity contribution in [1.82, 2.24) is 20.1 Å².